The van der Waals surface area contributed by atoms with Gasteiger partial charge in [0.2, 0.25) is 0 Å². The van der Waals surface area contributed by atoms with Gasteiger partial charge < -0.3 is 14.4 Å². The second-order valence-corrected chi connectivity index (χ2v) is 5.56. The average Bonchev–Trinajstić information content (AvgIpc) is 3.03. The van der Waals surface area contributed by atoms with E-state index in [1.807, 2.05) is 23.9 Å². The predicted molar refractivity (Wildman–Crippen MR) is 95.5 cm³/mol. The molecule has 25 heavy (non-hydrogen) atoms. The second-order valence-electron chi connectivity index (χ2n) is 5.56. The minimum absolute atomic E-state index is 0.112. The first-order valence-corrected chi connectivity index (χ1v) is 7.82. The lowest BCUT2D eigenvalue weighted by Crippen LogP contribution is -2.03. The van der Waals surface area contributed by atoms with Crippen LogP contribution in [0.5, 0.6) is 11.5 Å². The number of allylic oxidation sites excluding steroid dienone is 1. The fourth-order valence-electron chi connectivity index (χ4n) is 2.30. The van der Waals surface area contributed by atoms with E-state index < -0.39 is 0 Å². The number of rotatable bonds is 6. The molecule has 0 aliphatic heterocycles. The number of phenolic OH excluding ortho intramolecular Hbond substituents is 1. The van der Waals surface area contributed by atoms with Crippen molar-refractivity contribution in [3.8, 4) is 11.5 Å². The maximum absolute atomic E-state index is 12.2. The number of carbonyl (C=O) groups excluding carboxylic acids is 1. The topological polar surface area (TPSA) is 64.4 Å². The lowest BCUT2D eigenvalue weighted by atomic mass is 10.1. The maximum atomic E-state index is 12.2. The summed E-state index contributed by atoms with van der Waals surface area (Å²) in [7, 11) is 1.91. The number of nitrogens with zero attached hydrogens (tertiary/aromatic N) is 2. The molecule has 1 aromatic heterocycles. The summed E-state index contributed by atoms with van der Waals surface area (Å²) in [5.74, 6) is 1.56. The van der Waals surface area contributed by atoms with Crippen LogP contribution < -0.4 is 4.74 Å². The molecular weight excluding hydrogens is 316 g/mol. The molecular formula is C20H18N2O3. The molecule has 0 radical (unpaired) electrons. The van der Waals surface area contributed by atoms with Gasteiger partial charge in [0.15, 0.2) is 5.78 Å². The Morgan fingerprint density at radius 3 is 2.72 bits per heavy atom. The van der Waals surface area contributed by atoms with E-state index in [-0.39, 0.29) is 11.5 Å². The molecule has 0 fully saturated rings. The molecule has 0 saturated carbocycles. The van der Waals surface area contributed by atoms with Crippen LogP contribution in [0.15, 0.2) is 67.0 Å². The number of ketones is 1. The molecule has 0 saturated heterocycles. The van der Waals surface area contributed by atoms with Gasteiger partial charge in [-0.05, 0) is 48.0 Å². The van der Waals surface area contributed by atoms with Crippen molar-refractivity contribution in [2.45, 2.75) is 6.61 Å². The molecule has 3 aromatic rings. The molecule has 0 bridgehead atoms. The summed E-state index contributed by atoms with van der Waals surface area (Å²) in [6.07, 6.45) is 6.74. The smallest absolute Gasteiger partial charge is 0.185 e. The molecule has 1 N–H and O–H groups in total. The average molecular weight is 334 g/mol. The lowest BCUT2D eigenvalue weighted by Gasteiger charge is -2.06. The zero-order valence-corrected chi connectivity index (χ0v) is 13.8. The third kappa shape index (κ3) is 4.35. The number of carbonyl (C=O) groups is 1. The summed E-state index contributed by atoms with van der Waals surface area (Å²) in [6, 6.07) is 13.7. The van der Waals surface area contributed by atoms with Gasteiger partial charge in [-0.1, -0.05) is 18.2 Å². The molecule has 3 rings (SSSR count). The zero-order chi connectivity index (χ0) is 17.6. The molecule has 1 heterocycles. The molecule has 0 aliphatic rings. The van der Waals surface area contributed by atoms with E-state index in [0.717, 1.165) is 11.4 Å². The maximum Gasteiger partial charge on any atom is 0.185 e. The molecule has 0 spiro atoms. The van der Waals surface area contributed by atoms with Crippen molar-refractivity contribution in [1.82, 2.24) is 9.55 Å². The number of aromatic hydroxyl groups is 1. The summed E-state index contributed by atoms with van der Waals surface area (Å²) in [5.41, 5.74) is 1.34. The number of imidazole rings is 1. The predicted octanol–water partition coefficient (Wildman–Crippen LogP) is 3.60. The third-order valence-electron chi connectivity index (χ3n) is 3.73. The van der Waals surface area contributed by atoms with Crippen molar-refractivity contribution in [3.63, 3.8) is 0 Å². The van der Waals surface area contributed by atoms with Crippen LogP contribution >= 0.6 is 0 Å². The SMILES string of the molecule is Cn1ccnc1COc1ccc(C(=O)C=Cc2cccc(O)c2)cc1. The van der Waals surface area contributed by atoms with E-state index in [4.69, 9.17) is 4.74 Å². The normalized spacial score (nSPS) is 10.9. The second kappa shape index (κ2) is 7.49. The molecule has 5 heteroatoms. The van der Waals surface area contributed by atoms with Crippen molar-refractivity contribution < 1.29 is 14.6 Å². The van der Waals surface area contributed by atoms with Crippen LogP contribution in [0.3, 0.4) is 0 Å². The van der Waals surface area contributed by atoms with Gasteiger partial charge in [0.05, 0.1) is 0 Å². The van der Waals surface area contributed by atoms with Gasteiger partial charge in [-0.15, -0.1) is 0 Å². The van der Waals surface area contributed by atoms with Gasteiger partial charge in [0, 0.05) is 25.0 Å². The highest BCUT2D eigenvalue weighted by Gasteiger charge is 2.04. The van der Waals surface area contributed by atoms with Crippen molar-refractivity contribution >= 4 is 11.9 Å². The third-order valence-corrected chi connectivity index (χ3v) is 3.73. The Hall–Kier alpha value is -3.34. The van der Waals surface area contributed by atoms with Gasteiger partial charge in [0.1, 0.15) is 23.9 Å². The van der Waals surface area contributed by atoms with Crippen LogP contribution in [0.2, 0.25) is 0 Å². The number of hydrogen-bond donors (Lipinski definition) is 1. The number of aromatic nitrogens is 2. The highest BCUT2D eigenvalue weighted by atomic mass is 16.5. The van der Waals surface area contributed by atoms with E-state index in [1.54, 1.807) is 54.7 Å². The first-order chi connectivity index (χ1) is 12.1. The summed E-state index contributed by atoms with van der Waals surface area (Å²) >= 11 is 0. The van der Waals surface area contributed by atoms with E-state index in [1.165, 1.54) is 6.08 Å². The van der Waals surface area contributed by atoms with Crippen LogP contribution in [0.1, 0.15) is 21.7 Å². The first-order valence-electron chi connectivity index (χ1n) is 7.82. The number of ether oxygens (including phenoxy) is 1. The van der Waals surface area contributed by atoms with E-state index in [0.29, 0.717) is 17.9 Å². The zero-order valence-electron chi connectivity index (χ0n) is 13.8. The number of aryl methyl sites for hydroxylation is 1. The highest BCUT2D eigenvalue weighted by molar-refractivity contribution is 6.06. The van der Waals surface area contributed by atoms with Crippen molar-refractivity contribution in [1.29, 1.82) is 0 Å². The van der Waals surface area contributed by atoms with Crippen LogP contribution in [-0.4, -0.2) is 20.4 Å². The van der Waals surface area contributed by atoms with Crippen LogP contribution in [0.25, 0.3) is 6.08 Å². The summed E-state index contributed by atoms with van der Waals surface area (Å²) in [5, 5.41) is 9.42. The molecule has 0 amide bonds. The van der Waals surface area contributed by atoms with Gasteiger partial charge in [-0.3, -0.25) is 4.79 Å². The van der Waals surface area contributed by atoms with Crippen LogP contribution in [-0.2, 0) is 13.7 Å². The van der Waals surface area contributed by atoms with Gasteiger partial charge in [0.25, 0.3) is 0 Å². The molecule has 126 valence electrons. The Balaban J connectivity index is 1.61. The van der Waals surface area contributed by atoms with Gasteiger partial charge in [-0.2, -0.15) is 0 Å². The van der Waals surface area contributed by atoms with Crippen molar-refractivity contribution in [2.75, 3.05) is 0 Å². The number of benzene rings is 2. The monoisotopic (exact) mass is 334 g/mol. The Labute approximate surface area is 145 Å². The lowest BCUT2D eigenvalue weighted by molar-refractivity contribution is 0.104. The van der Waals surface area contributed by atoms with E-state index in [9.17, 15) is 9.90 Å². The molecule has 0 unspecified atom stereocenters. The van der Waals surface area contributed by atoms with Gasteiger partial charge >= 0.3 is 0 Å². The summed E-state index contributed by atoms with van der Waals surface area (Å²) in [6.45, 7) is 0.369. The van der Waals surface area contributed by atoms with E-state index >= 15 is 0 Å². The van der Waals surface area contributed by atoms with Crippen LogP contribution in [0.4, 0.5) is 0 Å². The summed E-state index contributed by atoms with van der Waals surface area (Å²) in [4.78, 5) is 16.4. The summed E-state index contributed by atoms with van der Waals surface area (Å²) < 4.78 is 7.56. The molecule has 0 atom stereocenters. The number of hydrogen-bond acceptors (Lipinski definition) is 4. The van der Waals surface area contributed by atoms with Crippen molar-refractivity contribution in [2.24, 2.45) is 7.05 Å². The first kappa shape index (κ1) is 16.5. The molecule has 0 aliphatic carbocycles. The largest absolute Gasteiger partial charge is 0.508 e. The standard InChI is InChI=1S/C20H18N2O3/c1-22-12-11-21-20(22)14-25-18-8-6-16(7-9-18)19(24)10-5-15-3-2-4-17(23)13-15/h2-13,23H,14H2,1H3. The Morgan fingerprint density at radius 1 is 1.24 bits per heavy atom. The minimum Gasteiger partial charge on any atom is -0.508 e. The van der Waals surface area contributed by atoms with Gasteiger partial charge in [-0.25, -0.2) is 4.98 Å². The molecule has 2 aromatic carbocycles. The fourth-order valence-corrected chi connectivity index (χ4v) is 2.30. The van der Waals surface area contributed by atoms with E-state index in [2.05, 4.69) is 4.98 Å². The minimum atomic E-state index is -0.112. The number of phenols is 1. The van der Waals surface area contributed by atoms with Crippen molar-refractivity contribution in [3.05, 3.63) is 84.0 Å². The fraction of sp³-hybridized carbons (Fsp3) is 0.100. The highest BCUT2D eigenvalue weighted by Crippen LogP contribution is 2.16. The Morgan fingerprint density at radius 2 is 2.04 bits per heavy atom. The quantitative estimate of drug-likeness (QED) is 0.552. The van der Waals surface area contributed by atoms with Crippen LogP contribution in [0, 0.1) is 0 Å². The molecule has 5 nitrogen and oxygen atoms in total. The Kier molecular flexibility index (Phi) is 4.95. The Bertz CT molecular complexity index is 895.